The van der Waals surface area contributed by atoms with E-state index in [0.717, 1.165) is 18.5 Å². The van der Waals surface area contributed by atoms with Crippen molar-refractivity contribution in [2.24, 2.45) is 5.73 Å². The third-order valence-electron chi connectivity index (χ3n) is 3.42. The quantitative estimate of drug-likeness (QED) is 0.875. The molecule has 0 bridgehead atoms. The van der Waals surface area contributed by atoms with Crippen LogP contribution in [0.25, 0.3) is 0 Å². The Morgan fingerprint density at radius 2 is 1.89 bits per heavy atom. The molecule has 0 radical (unpaired) electrons. The van der Waals surface area contributed by atoms with Crippen molar-refractivity contribution in [2.75, 3.05) is 0 Å². The summed E-state index contributed by atoms with van der Waals surface area (Å²) >= 11 is 0. The number of aromatic nitrogens is 2. The predicted octanol–water partition coefficient (Wildman–Crippen LogP) is 3.29. The first kappa shape index (κ1) is 12.8. The van der Waals surface area contributed by atoms with E-state index < -0.39 is 0 Å². The standard InChI is InChI=1S/C15H21N3/c1-3-13(16)15-10-17-11-18(15)14(4-2)12-8-6-5-7-9-12/h5-11,13-14H,3-4,16H2,1-2H3/t13-,14?/m1/s1. The molecule has 3 heteroatoms. The molecule has 1 aromatic carbocycles. The molecular formula is C15H21N3. The highest BCUT2D eigenvalue weighted by Gasteiger charge is 2.17. The maximum absolute atomic E-state index is 6.15. The van der Waals surface area contributed by atoms with Crippen LogP contribution in [0.5, 0.6) is 0 Å². The zero-order valence-electron chi connectivity index (χ0n) is 11.1. The summed E-state index contributed by atoms with van der Waals surface area (Å²) in [6.07, 6.45) is 5.74. The van der Waals surface area contributed by atoms with E-state index in [1.165, 1.54) is 5.56 Å². The highest BCUT2D eigenvalue weighted by molar-refractivity contribution is 5.21. The second-order valence-electron chi connectivity index (χ2n) is 4.58. The summed E-state index contributed by atoms with van der Waals surface area (Å²) in [5.74, 6) is 0. The lowest BCUT2D eigenvalue weighted by Crippen LogP contribution is -2.18. The second-order valence-corrected chi connectivity index (χ2v) is 4.58. The first-order valence-electron chi connectivity index (χ1n) is 6.60. The van der Waals surface area contributed by atoms with Crippen molar-refractivity contribution in [3.05, 3.63) is 54.1 Å². The summed E-state index contributed by atoms with van der Waals surface area (Å²) in [5.41, 5.74) is 8.58. The van der Waals surface area contributed by atoms with Gasteiger partial charge in [0.1, 0.15) is 0 Å². The largest absolute Gasteiger partial charge is 0.326 e. The first-order valence-corrected chi connectivity index (χ1v) is 6.60. The van der Waals surface area contributed by atoms with Crippen LogP contribution in [-0.4, -0.2) is 9.55 Å². The van der Waals surface area contributed by atoms with Gasteiger partial charge in [-0.1, -0.05) is 44.2 Å². The molecule has 1 heterocycles. The topological polar surface area (TPSA) is 43.8 Å². The molecular weight excluding hydrogens is 222 g/mol. The average molecular weight is 243 g/mol. The molecule has 0 fully saturated rings. The zero-order chi connectivity index (χ0) is 13.0. The summed E-state index contributed by atoms with van der Waals surface area (Å²) in [6, 6.07) is 10.9. The third-order valence-corrected chi connectivity index (χ3v) is 3.42. The van der Waals surface area contributed by atoms with Crippen molar-refractivity contribution in [1.29, 1.82) is 0 Å². The Morgan fingerprint density at radius 1 is 1.17 bits per heavy atom. The molecule has 1 unspecified atom stereocenters. The van der Waals surface area contributed by atoms with E-state index in [4.69, 9.17) is 5.73 Å². The molecule has 2 aromatic rings. The van der Waals surface area contributed by atoms with Gasteiger partial charge in [-0.25, -0.2) is 4.98 Å². The molecule has 0 aliphatic rings. The molecule has 0 aliphatic carbocycles. The van der Waals surface area contributed by atoms with Crippen molar-refractivity contribution >= 4 is 0 Å². The lowest BCUT2D eigenvalue weighted by atomic mass is 10.0. The minimum absolute atomic E-state index is 0.0604. The molecule has 96 valence electrons. The van der Waals surface area contributed by atoms with Crippen LogP contribution in [0.1, 0.15) is 50.0 Å². The molecule has 3 nitrogen and oxygen atoms in total. The zero-order valence-corrected chi connectivity index (χ0v) is 11.1. The van der Waals surface area contributed by atoms with Gasteiger partial charge in [0.15, 0.2) is 0 Å². The maximum atomic E-state index is 6.15. The van der Waals surface area contributed by atoms with Crippen LogP contribution in [-0.2, 0) is 0 Å². The van der Waals surface area contributed by atoms with Crippen LogP contribution in [0.15, 0.2) is 42.9 Å². The SMILES string of the molecule is CCC(c1ccccc1)n1cncc1[C@H](N)CC. The highest BCUT2D eigenvalue weighted by Crippen LogP contribution is 2.26. The fourth-order valence-corrected chi connectivity index (χ4v) is 2.34. The van der Waals surface area contributed by atoms with Crippen LogP contribution >= 0.6 is 0 Å². The Kier molecular flexibility index (Phi) is 4.15. The fourth-order valence-electron chi connectivity index (χ4n) is 2.34. The number of imidazole rings is 1. The number of nitrogens with zero attached hydrogens (tertiary/aromatic N) is 2. The van der Waals surface area contributed by atoms with Gasteiger partial charge in [-0.2, -0.15) is 0 Å². The molecule has 1 aromatic heterocycles. The number of benzene rings is 1. The summed E-state index contributed by atoms with van der Waals surface area (Å²) in [7, 11) is 0. The minimum atomic E-state index is 0.0604. The van der Waals surface area contributed by atoms with Gasteiger partial charge >= 0.3 is 0 Å². The van der Waals surface area contributed by atoms with Gasteiger partial charge in [-0.3, -0.25) is 0 Å². The molecule has 0 saturated carbocycles. The average Bonchev–Trinajstić information content (AvgIpc) is 2.89. The van der Waals surface area contributed by atoms with Crippen LogP contribution in [0.2, 0.25) is 0 Å². The van der Waals surface area contributed by atoms with Crippen LogP contribution < -0.4 is 5.73 Å². The minimum Gasteiger partial charge on any atom is -0.326 e. The van der Waals surface area contributed by atoms with Gasteiger partial charge in [-0.15, -0.1) is 0 Å². The molecule has 2 rings (SSSR count). The smallest absolute Gasteiger partial charge is 0.0954 e. The Hall–Kier alpha value is -1.61. The lowest BCUT2D eigenvalue weighted by Gasteiger charge is -2.22. The Bertz CT molecular complexity index is 475. The summed E-state index contributed by atoms with van der Waals surface area (Å²) < 4.78 is 2.21. The molecule has 18 heavy (non-hydrogen) atoms. The molecule has 0 spiro atoms. The van der Waals surface area contributed by atoms with Crippen molar-refractivity contribution in [3.63, 3.8) is 0 Å². The number of hydrogen-bond donors (Lipinski definition) is 1. The van der Waals surface area contributed by atoms with E-state index in [9.17, 15) is 0 Å². The van der Waals surface area contributed by atoms with Gasteiger partial charge in [0.25, 0.3) is 0 Å². The maximum Gasteiger partial charge on any atom is 0.0954 e. The van der Waals surface area contributed by atoms with Crippen LogP contribution in [0, 0.1) is 0 Å². The van der Waals surface area contributed by atoms with E-state index in [1.54, 1.807) is 0 Å². The monoisotopic (exact) mass is 243 g/mol. The Balaban J connectivity index is 2.37. The Labute approximate surface area is 109 Å². The van der Waals surface area contributed by atoms with Crippen molar-refractivity contribution in [2.45, 2.75) is 38.8 Å². The van der Waals surface area contributed by atoms with Crippen LogP contribution in [0.3, 0.4) is 0 Å². The normalized spacial score (nSPS) is 14.4. The van der Waals surface area contributed by atoms with E-state index in [-0.39, 0.29) is 6.04 Å². The van der Waals surface area contributed by atoms with E-state index in [0.29, 0.717) is 6.04 Å². The van der Waals surface area contributed by atoms with Gasteiger partial charge < -0.3 is 10.3 Å². The third kappa shape index (κ3) is 2.46. The molecule has 2 atom stereocenters. The second kappa shape index (κ2) is 5.83. The summed E-state index contributed by atoms with van der Waals surface area (Å²) in [5, 5.41) is 0. The van der Waals surface area contributed by atoms with Gasteiger partial charge in [0.05, 0.1) is 18.1 Å². The van der Waals surface area contributed by atoms with E-state index in [2.05, 4.69) is 47.7 Å². The molecule has 2 N–H and O–H groups in total. The molecule has 0 amide bonds. The summed E-state index contributed by atoms with van der Waals surface area (Å²) in [6.45, 7) is 4.30. The van der Waals surface area contributed by atoms with Gasteiger partial charge in [-0.05, 0) is 18.4 Å². The van der Waals surface area contributed by atoms with E-state index in [1.807, 2.05) is 18.6 Å². The lowest BCUT2D eigenvalue weighted by molar-refractivity contribution is 0.516. The number of rotatable bonds is 5. The van der Waals surface area contributed by atoms with E-state index >= 15 is 0 Å². The molecule has 0 aliphatic heterocycles. The number of hydrogen-bond acceptors (Lipinski definition) is 2. The van der Waals surface area contributed by atoms with Crippen LogP contribution in [0.4, 0.5) is 0 Å². The number of nitrogens with two attached hydrogens (primary N) is 1. The first-order chi connectivity index (χ1) is 8.77. The van der Waals surface area contributed by atoms with Crippen molar-refractivity contribution in [1.82, 2.24) is 9.55 Å². The van der Waals surface area contributed by atoms with Gasteiger partial charge in [0, 0.05) is 12.2 Å². The van der Waals surface area contributed by atoms with Crippen molar-refractivity contribution < 1.29 is 0 Å². The molecule has 0 saturated heterocycles. The highest BCUT2D eigenvalue weighted by atomic mass is 15.1. The van der Waals surface area contributed by atoms with Gasteiger partial charge in [0.2, 0.25) is 0 Å². The Morgan fingerprint density at radius 3 is 2.50 bits per heavy atom. The fraction of sp³-hybridized carbons (Fsp3) is 0.400. The summed E-state index contributed by atoms with van der Waals surface area (Å²) in [4.78, 5) is 4.27. The van der Waals surface area contributed by atoms with Crippen molar-refractivity contribution in [3.8, 4) is 0 Å². The predicted molar refractivity (Wildman–Crippen MR) is 74.3 cm³/mol.